The van der Waals surface area contributed by atoms with Crippen molar-refractivity contribution < 1.29 is 9.53 Å². The minimum absolute atomic E-state index is 0.224. The van der Waals surface area contributed by atoms with E-state index in [1.165, 1.54) is 44.9 Å². The molecule has 1 unspecified atom stereocenters. The number of ether oxygens (including phenoxy) is 1. The second kappa shape index (κ2) is 14.8. The van der Waals surface area contributed by atoms with E-state index in [0.29, 0.717) is 6.61 Å². The molecule has 120 valence electrons. The Morgan fingerprint density at radius 3 is 1.90 bits per heavy atom. The number of carbonyl (C=O) groups excluding carboxylic acids is 1. The molecule has 2 N–H and O–H groups in total. The fraction of sp³-hybridized carbons (Fsp3) is 0.941. The number of unbranched alkanes of at least 4 members (excludes halogenated alkanes) is 9. The molecule has 0 amide bonds. The number of nitrogens with two attached hydrogens (primary N) is 1. The third-order valence-electron chi connectivity index (χ3n) is 3.66. The fourth-order valence-electron chi connectivity index (χ4n) is 2.23. The van der Waals surface area contributed by atoms with Gasteiger partial charge in [0, 0.05) is 0 Å². The third-order valence-corrected chi connectivity index (χ3v) is 3.66. The highest BCUT2D eigenvalue weighted by molar-refractivity contribution is 5.75. The Balaban J connectivity index is 3.24. The van der Waals surface area contributed by atoms with Gasteiger partial charge >= 0.3 is 5.97 Å². The van der Waals surface area contributed by atoms with Crippen molar-refractivity contribution in [2.75, 3.05) is 6.61 Å². The molecular weight excluding hydrogens is 250 g/mol. The Morgan fingerprint density at radius 1 is 0.850 bits per heavy atom. The van der Waals surface area contributed by atoms with Gasteiger partial charge in [0.1, 0.15) is 6.04 Å². The van der Waals surface area contributed by atoms with Crippen LogP contribution in [0.4, 0.5) is 0 Å². The molecule has 0 rings (SSSR count). The first kappa shape index (κ1) is 19.4. The molecule has 0 heterocycles. The molecule has 0 aromatic heterocycles. The Bertz CT molecular complexity index is 219. The molecule has 0 bridgehead atoms. The average Bonchev–Trinajstić information content (AvgIpc) is 2.46. The Morgan fingerprint density at radius 2 is 1.35 bits per heavy atom. The second-order valence-electron chi connectivity index (χ2n) is 5.74. The van der Waals surface area contributed by atoms with Crippen molar-refractivity contribution in [2.45, 2.75) is 96.9 Å². The summed E-state index contributed by atoms with van der Waals surface area (Å²) in [5, 5.41) is 0. The van der Waals surface area contributed by atoms with Gasteiger partial charge < -0.3 is 10.5 Å². The van der Waals surface area contributed by atoms with Gasteiger partial charge in [-0.3, -0.25) is 4.79 Å². The molecule has 0 aliphatic carbocycles. The van der Waals surface area contributed by atoms with E-state index in [2.05, 4.69) is 13.8 Å². The molecule has 0 saturated carbocycles. The van der Waals surface area contributed by atoms with Gasteiger partial charge in [-0.25, -0.2) is 0 Å². The Labute approximate surface area is 125 Å². The largest absolute Gasteiger partial charge is 0.465 e. The lowest BCUT2D eigenvalue weighted by atomic mass is 10.1. The summed E-state index contributed by atoms with van der Waals surface area (Å²) in [5.41, 5.74) is 5.75. The van der Waals surface area contributed by atoms with Crippen LogP contribution in [0.5, 0.6) is 0 Å². The highest BCUT2D eigenvalue weighted by Gasteiger charge is 2.13. The molecule has 1 atom stereocenters. The summed E-state index contributed by atoms with van der Waals surface area (Å²) in [6.07, 6.45) is 14.3. The quantitative estimate of drug-likeness (QED) is 0.375. The highest BCUT2D eigenvalue weighted by atomic mass is 16.5. The predicted octanol–water partition coefficient (Wildman–Crippen LogP) is 4.58. The Hall–Kier alpha value is -0.570. The van der Waals surface area contributed by atoms with Crippen molar-refractivity contribution in [1.82, 2.24) is 0 Å². The van der Waals surface area contributed by atoms with Crippen LogP contribution in [0.15, 0.2) is 0 Å². The number of carbonyl (C=O) groups is 1. The predicted molar refractivity (Wildman–Crippen MR) is 85.7 cm³/mol. The number of esters is 1. The lowest BCUT2D eigenvalue weighted by molar-refractivity contribution is -0.145. The first-order valence-corrected chi connectivity index (χ1v) is 8.64. The van der Waals surface area contributed by atoms with E-state index in [1.54, 1.807) is 0 Å². The molecule has 0 aromatic rings. The van der Waals surface area contributed by atoms with E-state index >= 15 is 0 Å². The van der Waals surface area contributed by atoms with Crippen molar-refractivity contribution in [1.29, 1.82) is 0 Å². The molecular formula is C17H35NO2. The zero-order chi connectivity index (χ0) is 15.1. The number of hydrogen-bond donors (Lipinski definition) is 1. The molecule has 0 radical (unpaired) electrons. The average molecular weight is 285 g/mol. The zero-order valence-electron chi connectivity index (χ0n) is 13.7. The van der Waals surface area contributed by atoms with Gasteiger partial charge in [-0.05, 0) is 12.8 Å². The van der Waals surface area contributed by atoms with Crippen molar-refractivity contribution in [3.8, 4) is 0 Å². The van der Waals surface area contributed by atoms with Gasteiger partial charge in [0.2, 0.25) is 0 Å². The summed E-state index contributed by atoms with van der Waals surface area (Å²) in [6, 6.07) is -0.423. The summed E-state index contributed by atoms with van der Waals surface area (Å²) in [7, 11) is 0. The van der Waals surface area contributed by atoms with Gasteiger partial charge in [-0.15, -0.1) is 0 Å². The number of rotatable bonds is 14. The maximum atomic E-state index is 11.5. The van der Waals surface area contributed by atoms with Crippen molar-refractivity contribution in [2.24, 2.45) is 5.73 Å². The van der Waals surface area contributed by atoms with E-state index in [0.717, 1.165) is 32.1 Å². The molecule has 20 heavy (non-hydrogen) atoms. The molecule has 0 saturated heterocycles. The molecule has 0 spiro atoms. The smallest absolute Gasteiger partial charge is 0.322 e. The first-order chi connectivity index (χ1) is 9.72. The fourth-order valence-corrected chi connectivity index (χ4v) is 2.23. The van der Waals surface area contributed by atoms with Crippen LogP contribution in [0, 0.1) is 0 Å². The highest BCUT2D eigenvalue weighted by Crippen LogP contribution is 2.09. The van der Waals surface area contributed by atoms with Crippen LogP contribution in [-0.2, 0) is 9.53 Å². The zero-order valence-corrected chi connectivity index (χ0v) is 13.7. The van der Waals surface area contributed by atoms with E-state index in [-0.39, 0.29) is 5.97 Å². The van der Waals surface area contributed by atoms with Crippen LogP contribution >= 0.6 is 0 Å². The molecule has 0 aromatic carbocycles. The van der Waals surface area contributed by atoms with Gasteiger partial charge in [0.15, 0.2) is 0 Å². The van der Waals surface area contributed by atoms with Crippen molar-refractivity contribution in [3.05, 3.63) is 0 Å². The monoisotopic (exact) mass is 285 g/mol. The van der Waals surface area contributed by atoms with Crippen LogP contribution < -0.4 is 5.73 Å². The Kier molecular flexibility index (Phi) is 14.4. The second-order valence-corrected chi connectivity index (χ2v) is 5.74. The lowest BCUT2D eigenvalue weighted by Crippen LogP contribution is -2.32. The summed E-state index contributed by atoms with van der Waals surface area (Å²) in [5.74, 6) is -0.224. The summed E-state index contributed by atoms with van der Waals surface area (Å²) in [6.45, 7) is 4.88. The van der Waals surface area contributed by atoms with Crippen LogP contribution in [0.1, 0.15) is 90.9 Å². The minimum atomic E-state index is -0.423. The third kappa shape index (κ3) is 12.5. The summed E-state index contributed by atoms with van der Waals surface area (Å²) < 4.78 is 5.20. The standard InChI is InChI=1S/C17H35NO2/c1-3-5-7-8-9-10-11-12-13-15-20-17(19)16(18)14-6-4-2/h16H,3-15,18H2,1-2H3. The topological polar surface area (TPSA) is 52.3 Å². The van der Waals surface area contributed by atoms with Crippen LogP contribution in [0.3, 0.4) is 0 Å². The molecule has 3 heteroatoms. The van der Waals surface area contributed by atoms with Crippen molar-refractivity contribution >= 4 is 5.97 Å². The van der Waals surface area contributed by atoms with Crippen LogP contribution in [-0.4, -0.2) is 18.6 Å². The van der Waals surface area contributed by atoms with Crippen LogP contribution in [0.2, 0.25) is 0 Å². The minimum Gasteiger partial charge on any atom is -0.465 e. The van der Waals surface area contributed by atoms with Gasteiger partial charge in [0.05, 0.1) is 6.61 Å². The van der Waals surface area contributed by atoms with Crippen molar-refractivity contribution in [3.63, 3.8) is 0 Å². The van der Waals surface area contributed by atoms with E-state index in [9.17, 15) is 4.79 Å². The van der Waals surface area contributed by atoms with Gasteiger partial charge in [0.25, 0.3) is 0 Å². The summed E-state index contributed by atoms with van der Waals surface area (Å²) in [4.78, 5) is 11.5. The van der Waals surface area contributed by atoms with Gasteiger partial charge in [-0.2, -0.15) is 0 Å². The SMILES string of the molecule is CCCCCCCCCCCOC(=O)C(N)CCCC. The lowest BCUT2D eigenvalue weighted by Gasteiger charge is -2.10. The van der Waals surface area contributed by atoms with E-state index in [1.807, 2.05) is 0 Å². The molecule has 0 aliphatic heterocycles. The maximum Gasteiger partial charge on any atom is 0.322 e. The normalized spacial score (nSPS) is 12.3. The maximum absolute atomic E-state index is 11.5. The molecule has 3 nitrogen and oxygen atoms in total. The van der Waals surface area contributed by atoms with E-state index in [4.69, 9.17) is 10.5 Å². The van der Waals surface area contributed by atoms with Gasteiger partial charge in [-0.1, -0.05) is 78.1 Å². The first-order valence-electron chi connectivity index (χ1n) is 8.64. The number of hydrogen-bond acceptors (Lipinski definition) is 3. The summed E-state index contributed by atoms with van der Waals surface area (Å²) >= 11 is 0. The molecule has 0 fully saturated rings. The van der Waals surface area contributed by atoms with Crippen LogP contribution in [0.25, 0.3) is 0 Å². The van der Waals surface area contributed by atoms with E-state index < -0.39 is 6.04 Å². The molecule has 0 aliphatic rings.